The lowest BCUT2D eigenvalue weighted by Crippen LogP contribution is -1.99. The molecule has 0 aliphatic carbocycles. The molecule has 2 rings (SSSR count). The monoisotopic (exact) mass is 268 g/mol. The van der Waals surface area contributed by atoms with Gasteiger partial charge in [0.15, 0.2) is 5.75 Å². The van der Waals surface area contributed by atoms with Gasteiger partial charge in [-0.2, -0.15) is 0 Å². The van der Waals surface area contributed by atoms with Gasteiger partial charge in [-0.25, -0.2) is 0 Å². The highest BCUT2D eigenvalue weighted by molar-refractivity contribution is 6.04. The van der Waals surface area contributed by atoms with E-state index >= 15 is 0 Å². The molecule has 4 heteroatoms. The quantitative estimate of drug-likeness (QED) is 0.335. The Morgan fingerprint density at radius 1 is 1.10 bits per heavy atom. The summed E-state index contributed by atoms with van der Waals surface area (Å²) in [7, 11) is 0. The Morgan fingerprint density at radius 2 is 1.75 bits per heavy atom. The van der Waals surface area contributed by atoms with Crippen molar-refractivity contribution < 1.29 is 10.2 Å². The van der Waals surface area contributed by atoms with Crippen LogP contribution in [0.15, 0.2) is 54.6 Å². The van der Waals surface area contributed by atoms with Crippen molar-refractivity contribution in [3.8, 4) is 11.5 Å². The van der Waals surface area contributed by atoms with E-state index in [2.05, 4.69) is 23.5 Å². The fraction of sp³-hybridized carbons (Fsp3) is 0.0625. The first-order chi connectivity index (χ1) is 9.70. The van der Waals surface area contributed by atoms with Crippen molar-refractivity contribution in [1.29, 1.82) is 0 Å². The first-order valence-corrected chi connectivity index (χ1v) is 6.17. The number of allylic oxidation sites excluding steroid dienone is 1. The summed E-state index contributed by atoms with van der Waals surface area (Å²) in [4.78, 5) is 4.14. The number of fused-ring (bicyclic) bond motifs is 1. The molecule has 20 heavy (non-hydrogen) atoms. The Balaban J connectivity index is 2.77. The van der Waals surface area contributed by atoms with Crippen LogP contribution in [0, 0.1) is 0 Å². The van der Waals surface area contributed by atoms with Crippen LogP contribution in [-0.2, 0) is 0 Å². The van der Waals surface area contributed by atoms with Crippen molar-refractivity contribution in [1.82, 2.24) is 0 Å². The normalized spacial score (nSPS) is 10.8. The number of hydrogen-bond acceptors (Lipinski definition) is 4. The minimum Gasteiger partial charge on any atom is -0.505 e. The molecule has 102 valence electrons. The van der Waals surface area contributed by atoms with Crippen LogP contribution in [0.4, 0.5) is 11.4 Å². The average Bonchev–Trinajstić information content (AvgIpc) is 2.48. The molecule has 0 radical (unpaired) electrons. The Morgan fingerprint density at radius 3 is 2.35 bits per heavy atom. The minimum absolute atomic E-state index is 0.0167. The number of aromatic hydroxyl groups is 2. The number of nitrogens with one attached hydrogen (secondary N) is 1. The number of benzene rings is 2. The van der Waals surface area contributed by atoms with Gasteiger partial charge in [-0.1, -0.05) is 43.0 Å². The zero-order valence-corrected chi connectivity index (χ0v) is 11.0. The molecule has 0 bridgehead atoms. The van der Waals surface area contributed by atoms with Gasteiger partial charge < -0.3 is 15.5 Å². The molecule has 0 fully saturated rings. The molecule has 0 atom stereocenters. The molecule has 2 aromatic rings. The zero-order chi connectivity index (χ0) is 14.5. The maximum Gasteiger partial charge on any atom is 0.151 e. The van der Waals surface area contributed by atoms with E-state index in [1.54, 1.807) is 30.3 Å². The second kappa shape index (κ2) is 5.93. The molecule has 0 aliphatic heterocycles. The van der Waals surface area contributed by atoms with Crippen LogP contribution in [0.25, 0.3) is 10.8 Å². The number of anilines is 1. The van der Waals surface area contributed by atoms with E-state index in [1.807, 2.05) is 0 Å². The summed E-state index contributed by atoms with van der Waals surface area (Å²) in [6.45, 7) is 7.62. The van der Waals surface area contributed by atoms with Gasteiger partial charge in [0.1, 0.15) is 17.1 Å². The maximum atomic E-state index is 10.4. The van der Waals surface area contributed by atoms with E-state index in [0.717, 1.165) is 0 Å². The highest BCUT2D eigenvalue weighted by Crippen LogP contribution is 2.48. The number of hydrogen-bond donors (Lipinski definition) is 3. The van der Waals surface area contributed by atoms with Crippen LogP contribution in [-0.4, -0.2) is 23.0 Å². The molecule has 2 aromatic carbocycles. The summed E-state index contributed by atoms with van der Waals surface area (Å²) in [6.07, 6.45) is 4.62. The Labute approximate surface area is 117 Å². The van der Waals surface area contributed by atoms with E-state index in [0.29, 0.717) is 23.0 Å². The summed E-state index contributed by atoms with van der Waals surface area (Å²) in [5.41, 5.74) is 0.655. The van der Waals surface area contributed by atoms with Crippen molar-refractivity contribution in [3.63, 3.8) is 0 Å². The van der Waals surface area contributed by atoms with E-state index in [1.165, 1.54) is 12.3 Å². The van der Waals surface area contributed by atoms with Crippen molar-refractivity contribution >= 4 is 28.4 Å². The molecule has 0 saturated heterocycles. The van der Waals surface area contributed by atoms with Gasteiger partial charge >= 0.3 is 0 Å². The second-order valence-corrected chi connectivity index (χ2v) is 4.15. The molecule has 4 nitrogen and oxygen atoms in total. The third-order valence-electron chi connectivity index (χ3n) is 2.87. The molecule has 0 aliphatic rings. The van der Waals surface area contributed by atoms with E-state index in [-0.39, 0.29) is 17.2 Å². The van der Waals surface area contributed by atoms with Crippen molar-refractivity contribution in [2.24, 2.45) is 4.99 Å². The molecular formula is C16H16N2O2. The van der Waals surface area contributed by atoms with Crippen LogP contribution >= 0.6 is 0 Å². The topological polar surface area (TPSA) is 64.9 Å². The molecular weight excluding hydrogens is 252 g/mol. The highest BCUT2D eigenvalue weighted by Gasteiger charge is 2.17. The van der Waals surface area contributed by atoms with Gasteiger partial charge in [-0.3, -0.25) is 4.99 Å². The summed E-state index contributed by atoms with van der Waals surface area (Å²) in [5, 5.41) is 24.8. The fourth-order valence-electron chi connectivity index (χ4n) is 1.98. The maximum absolute atomic E-state index is 10.4. The van der Waals surface area contributed by atoms with Crippen molar-refractivity contribution in [2.75, 3.05) is 11.9 Å². The van der Waals surface area contributed by atoms with E-state index < -0.39 is 0 Å². The average molecular weight is 268 g/mol. The Hall–Kier alpha value is -2.75. The molecule has 0 heterocycles. The smallest absolute Gasteiger partial charge is 0.151 e. The van der Waals surface area contributed by atoms with Gasteiger partial charge in [-0.05, 0) is 0 Å². The summed E-state index contributed by atoms with van der Waals surface area (Å²) < 4.78 is 0. The standard InChI is InChI=1S/C16H16N2O2/c1-3-9-17-13-14(18-10-4-2)16(20)12-8-6-5-7-11(12)15(13)19/h3-9,18-20H,1-2,10H2. The van der Waals surface area contributed by atoms with Gasteiger partial charge in [0.25, 0.3) is 0 Å². The number of rotatable bonds is 5. The lowest BCUT2D eigenvalue weighted by atomic mass is 10.1. The number of nitrogens with zero attached hydrogens (tertiary/aromatic N) is 1. The highest BCUT2D eigenvalue weighted by atomic mass is 16.3. The summed E-state index contributed by atoms with van der Waals surface area (Å²) >= 11 is 0. The lowest BCUT2D eigenvalue weighted by Gasteiger charge is -2.14. The fourth-order valence-corrected chi connectivity index (χ4v) is 1.98. The molecule has 3 N–H and O–H groups in total. The number of phenolic OH excluding ortho intramolecular Hbond substituents is 2. The lowest BCUT2D eigenvalue weighted by molar-refractivity contribution is 0.472. The minimum atomic E-state index is 0.0167. The predicted octanol–water partition coefficient (Wildman–Crippen LogP) is 3.74. The van der Waals surface area contributed by atoms with Gasteiger partial charge in [0.05, 0.1) is 0 Å². The summed E-state index contributed by atoms with van der Waals surface area (Å²) in [6, 6.07) is 7.06. The Bertz CT molecular complexity index is 690. The predicted molar refractivity (Wildman–Crippen MR) is 84.3 cm³/mol. The molecule has 0 spiro atoms. The largest absolute Gasteiger partial charge is 0.505 e. The third kappa shape index (κ3) is 2.36. The van der Waals surface area contributed by atoms with Gasteiger partial charge in [0, 0.05) is 23.5 Å². The van der Waals surface area contributed by atoms with Crippen LogP contribution in [0.5, 0.6) is 11.5 Å². The number of phenols is 2. The van der Waals surface area contributed by atoms with Crippen LogP contribution in [0.3, 0.4) is 0 Å². The zero-order valence-electron chi connectivity index (χ0n) is 11.0. The molecule has 0 saturated carbocycles. The molecule has 0 aromatic heterocycles. The number of aliphatic imine (C=N–C) groups is 1. The molecule has 0 amide bonds. The third-order valence-corrected chi connectivity index (χ3v) is 2.87. The SMILES string of the molecule is C=CC=Nc1c(NCC=C)c(O)c2ccccc2c1O. The van der Waals surface area contributed by atoms with Crippen LogP contribution in [0.1, 0.15) is 0 Å². The van der Waals surface area contributed by atoms with Crippen LogP contribution < -0.4 is 5.32 Å². The van der Waals surface area contributed by atoms with E-state index in [4.69, 9.17) is 0 Å². The first kappa shape index (κ1) is 13.7. The van der Waals surface area contributed by atoms with Crippen LogP contribution in [0.2, 0.25) is 0 Å². The second-order valence-electron chi connectivity index (χ2n) is 4.15. The van der Waals surface area contributed by atoms with Crippen molar-refractivity contribution in [3.05, 3.63) is 49.6 Å². The van der Waals surface area contributed by atoms with Crippen molar-refractivity contribution in [2.45, 2.75) is 0 Å². The van der Waals surface area contributed by atoms with E-state index in [9.17, 15) is 10.2 Å². The van der Waals surface area contributed by atoms with Gasteiger partial charge in [0.2, 0.25) is 0 Å². The Kier molecular flexibility index (Phi) is 4.05. The summed E-state index contributed by atoms with van der Waals surface area (Å²) in [5.74, 6) is 0.0690. The first-order valence-electron chi connectivity index (χ1n) is 6.17. The van der Waals surface area contributed by atoms with Gasteiger partial charge in [-0.15, -0.1) is 6.58 Å². The molecule has 0 unspecified atom stereocenters.